The molecule has 2 heteroatoms. The van der Waals surface area contributed by atoms with E-state index < -0.39 is 0 Å². The molecule has 1 rings (SSSR count). The third-order valence-corrected chi connectivity index (χ3v) is 3.37. The maximum atomic E-state index is 11.1. The molecule has 1 saturated heterocycles. The maximum absolute atomic E-state index is 11.1. The zero-order valence-electron chi connectivity index (χ0n) is 9.47. The molecule has 1 fully saturated rings. The molecule has 2 nitrogen and oxygen atoms in total. The first-order valence-corrected chi connectivity index (χ1v) is 5.88. The van der Waals surface area contributed by atoms with Crippen molar-refractivity contribution >= 4 is 5.97 Å². The van der Waals surface area contributed by atoms with Gasteiger partial charge in [-0.1, -0.05) is 39.5 Å². The molecule has 0 aromatic rings. The molecule has 0 bridgehead atoms. The van der Waals surface area contributed by atoms with E-state index in [-0.39, 0.29) is 11.4 Å². The summed E-state index contributed by atoms with van der Waals surface area (Å²) in [5.41, 5.74) is 0.185. The molecule has 0 N–H and O–H groups in total. The molecule has 82 valence electrons. The third-order valence-electron chi connectivity index (χ3n) is 3.37. The summed E-state index contributed by atoms with van der Waals surface area (Å²) in [7, 11) is 0. The van der Waals surface area contributed by atoms with Crippen LogP contribution in [0.25, 0.3) is 0 Å². The minimum Gasteiger partial charge on any atom is -0.465 e. The van der Waals surface area contributed by atoms with E-state index in [0.29, 0.717) is 13.0 Å². The average molecular weight is 198 g/mol. The number of cyclic esters (lactones) is 1. The van der Waals surface area contributed by atoms with Crippen LogP contribution in [0.15, 0.2) is 0 Å². The average Bonchev–Trinajstić information content (AvgIpc) is 2.56. The topological polar surface area (TPSA) is 26.3 Å². The normalized spacial score (nSPS) is 26.6. The smallest absolute Gasteiger partial charge is 0.306 e. The second-order valence-corrected chi connectivity index (χ2v) is 4.50. The van der Waals surface area contributed by atoms with Crippen LogP contribution < -0.4 is 0 Å². The summed E-state index contributed by atoms with van der Waals surface area (Å²) in [6.45, 7) is 5.05. The van der Waals surface area contributed by atoms with E-state index in [2.05, 4.69) is 13.8 Å². The SMILES string of the molecule is CCCCCCC1(CC)COC(=O)C1. The van der Waals surface area contributed by atoms with Gasteiger partial charge in [-0.05, 0) is 12.8 Å². The van der Waals surface area contributed by atoms with E-state index in [1.165, 1.54) is 25.7 Å². The van der Waals surface area contributed by atoms with Crippen molar-refractivity contribution in [2.45, 2.75) is 58.8 Å². The lowest BCUT2D eigenvalue weighted by Gasteiger charge is -2.23. The van der Waals surface area contributed by atoms with Gasteiger partial charge in [-0.15, -0.1) is 0 Å². The van der Waals surface area contributed by atoms with Gasteiger partial charge in [-0.25, -0.2) is 0 Å². The van der Waals surface area contributed by atoms with Gasteiger partial charge in [-0.2, -0.15) is 0 Å². The molecule has 0 aliphatic carbocycles. The number of unbranched alkanes of at least 4 members (excludes halogenated alkanes) is 3. The van der Waals surface area contributed by atoms with Crippen LogP contribution in [0.1, 0.15) is 58.8 Å². The van der Waals surface area contributed by atoms with Crippen LogP contribution in [-0.4, -0.2) is 12.6 Å². The summed E-state index contributed by atoms with van der Waals surface area (Å²) in [4.78, 5) is 11.1. The Morgan fingerprint density at radius 3 is 2.57 bits per heavy atom. The van der Waals surface area contributed by atoms with E-state index in [9.17, 15) is 4.79 Å². The van der Waals surface area contributed by atoms with Gasteiger partial charge in [0.2, 0.25) is 0 Å². The van der Waals surface area contributed by atoms with Crippen molar-refractivity contribution in [1.82, 2.24) is 0 Å². The van der Waals surface area contributed by atoms with Crippen molar-refractivity contribution in [2.24, 2.45) is 5.41 Å². The van der Waals surface area contributed by atoms with Gasteiger partial charge in [0.05, 0.1) is 13.0 Å². The predicted octanol–water partition coefficient (Wildman–Crippen LogP) is 3.30. The quantitative estimate of drug-likeness (QED) is 0.483. The van der Waals surface area contributed by atoms with Crippen LogP contribution in [0.3, 0.4) is 0 Å². The number of ether oxygens (including phenoxy) is 1. The number of carbonyl (C=O) groups excluding carboxylic acids is 1. The third kappa shape index (κ3) is 3.00. The molecule has 1 aliphatic heterocycles. The summed E-state index contributed by atoms with van der Waals surface area (Å²) in [6.07, 6.45) is 8.02. The number of hydrogen-bond donors (Lipinski definition) is 0. The van der Waals surface area contributed by atoms with Crippen molar-refractivity contribution in [3.8, 4) is 0 Å². The first kappa shape index (κ1) is 11.5. The van der Waals surface area contributed by atoms with Crippen LogP contribution in [0.2, 0.25) is 0 Å². The minimum atomic E-state index is 0.00217. The molecule has 0 aromatic carbocycles. The molecule has 14 heavy (non-hydrogen) atoms. The fourth-order valence-corrected chi connectivity index (χ4v) is 2.13. The van der Waals surface area contributed by atoms with E-state index in [0.717, 1.165) is 12.8 Å². The molecule has 0 spiro atoms. The van der Waals surface area contributed by atoms with Crippen molar-refractivity contribution in [3.05, 3.63) is 0 Å². The van der Waals surface area contributed by atoms with E-state index in [4.69, 9.17) is 4.74 Å². The Morgan fingerprint density at radius 2 is 2.07 bits per heavy atom. The minimum absolute atomic E-state index is 0.00217. The van der Waals surface area contributed by atoms with Crippen LogP contribution in [0.5, 0.6) is 0 Å². The van der Waals surface area contributed by atoms with Crippen molar-refractivity contribution in [1.29, 1.82) is 0 Å². The number of hydrogen-bond acceptors (Lipinski definition) is 2. The Bertz CT molecular complexity index is 189. The Kier molecular flexibility index (Phi) is 4.43. The van der Waals surface area contributed by atoms with Crippen LogP contribution >= 0.6 is 0 Å². The molecular weight excluding hydrogens is 176 g/mol. The number of esters is 1. The maximum Gasteiger partial charge on any atom is 0.306 e. The highest BCUT2D eigenvalue weighted by Gasteiger charge is 2.37. The number of carbonyl (C=O) groups is 1. The Morgan fingerprint density at radius 1 is 1.29 bits per heavy atom. The lowest BCUT2D eigenvalue weighted by atomic mass is 9.79. The molecule has 1 unspecified atom stereocenters. The lowest BCUT2D eigenvalue weighted by Crippen LogP contribution is -2.19. The zero-order valence-corrected chi connectivity index (χ0v) is 9.47. The fraction of sp³-hybridized carbons (Fsp3) is 0.917. The molecule has 1 aliphatic rings. The van der Waals surface area contributed by atoms with Crippen LogP contribution in [0.4, 0.5) is 0 Å². The second-order valence-electron chi connectivity index (χ2n) is 4.50. The van der Waals surface area contributed by atoms with Gasteiger partial charge in [-0.3, -0.25) is 4.79 Å². The Balaban J connectivity index is 2.28. The Hall–Kier alpha value is -0.530. The molecular formula is C12H22O2. The standard InChI is InChI=1S/C12H22O2/c1-3-5-6-7-8-12(4-2)9-11(13)14-10-12/h3-10H2,1-2H3. The van der Waals surface area contributed by atoms with Gasteiger partial charge in [0.15, 0.2) is 0 Å². The monoisotopic (exact) mass is 198 g/mol. The highest BCUT2D eigenvalue weighted by atomic mass is 16.5. The van der Waals surface area contributed by atoms with Crippen molar-refractivity contribution < 1.29 is 9.53 Å². The number of rotatable bonds is 6. The highest BCUT2D eigenvalue weighted by Crippen LogP contribution is 2.38. The summed E-state index contributed by atoms with van der Waals surface area (Å²) in [6, 6.07) is 0. The molecule has 0 amide bonds. The zero-order chi connectivity index (χ0) is 10.4. The van der Waals surface area contributed by atoms with Gasteiger partial charge < -0.3 is 4.74 Å². The van der Waals surface area contributed by atoms with Crippen molar-refractivity contribution in [2.75, 3.05) is 6.61 Å². The van der Waals surface area contributed by atoms with Gasteiger partial charge in [0.25, 0.3) is 0 Å². The molecule has 0 saturated carbocycles. The van der Waals surface area contributed by atoms with Gasteiger partial charge >= 0.3 is 5.97 Å². The first-order chi connectivity index (χ1) is 6.72. The second kappa shape index (κ2) is 5.38. The van der Waals surface area contributed by atoms with E-state index in [1.54, 1.807) is 0 Å². The molecule has 0 aromatic heterocycles. The molecule has 0 radical (unpaired) electrons. The first-order valence-electron chi connectivity index (χ1n) is 5.88. The van der Waals surface area contributed by atoms with Crippen LogP contribution in [-0.2, 0) is 9.53 Å². The van der Waals surface area contributed by atoms with E-state index >= 15 is 0 Å². The van der Waals surface area contributed by atoms with Gasteiger partial charge in [0, 0.05) is 5.41 Å². The van der Waals surface area contributed by atoms with Gasteiger partial charge in [0.1, 0.15) is 0 Å². The van der Waals surface area contributed by atoms with Crippen molar-refractivity contribution in [3.63, 3.8) is 0 Å². The summed E-state index contributed by atoms with van der Waals surface area (Å²) >= 11 is 0. The Labute approximate surface area is 87.0 Å². The molecule has 1 atom stereocenters. The lowest BCUT2D eigenvalue weighted by molar-refractivity contribution is -0.137. The van der Waals surface area contributed by atoms with E-state index in [1.807, 2.05) is 0 Å². The van der Waals surface area contributed by atoms with Crippen LogP contribution in [0, 0.1) is 5.41 Å². The largest absolute Gasteiger partial charge is 0.465 e. The highest BCUT2D eigenvalue weighted by molar-refractivity contribution is 5.72. The summed E-state index contributed by atoms with van der Waals surface area (Å²) in [5, 5.41) is 0. The summed E-state index contributed by atoms with van der Waals surface area (Å²) in [5.74, 6) is 0.00217. The fourth-order valence-electron chi connectivity index (χ4n) is 2.13. The summed E-state index contributed by atoms with van der Waals surface area (Å²) < 4.78 is 5.08. The predicted molar refractivity (Wildman–Crippen MR) is 57.1 cm³/mol. The molecule has 1 heterocycles.